The van der Waals surface area contributed by atoms with Crippen molar-refractivity contribution in [2.24, 2.45) is 67.5 Å². The molecule has 8 aliphatic rings. The maximum atomic E-state index is 14.2. The smallest absolute Gasteiger partial charge is 0.309 e. The lowest BCUT2D eigenvalue weighted by Gasteiger charge is -2.79. The van der Waals surface area contributed by atoms with Gasteiger partial charge in [-0.2, -0.15) is 0 Å². The van der Waals surface area contributed by atoms with Gasteiger partial charge in [0.1, 0.15) is 6.10 Å². The summed E-state index contributed by atoms with van der Waals surface area (Å²) in [7, 11) is 0. The zero-order valence-corrected chi connectivity index (χ0v) is 38.6. The van der Waals surface area contributed by atoms with Crippen LogP contribution in [-0.2, 0) is 23.9 Å². The molecule has 1 unspecified atom stereocenters. The molecule has 3 N–H and O–H groups in total. The van der Waals surface area contributed by atoms with Crippen molar-refractivity contribution in [1.82, 2.24) is 10.6 Å². The van der Waals surface area contributed by atoms with Crippen molar-refractivity contribution < 1.29 is 33.8 Å². The van der Waals surface area contributed by atoms with E-state index in [2.05, 4.69) is 52.2 Å². The second-order valence-corrected chi connectivity index (χ2v) is 23.9. The molecule has 61 heavy (non-hydrogen) atoms. The molecule has 7 saturated carbocycles. The lowest BCUT2D eigenvalue weighted by Crippen LogP contribution is -2.74. The van der Waals surface area contributed by atoms with E-state index in [0.717, 1.165) is 82.6 Å². The van der Waals surface area contributed by atoms with Crippen LogP contribution in [-0.4, -0.2) is 52.8 Å². The molecule has 0 bridgehead atoms. The Hall–Kier alpha value is -3.20. The van der Waals surface area contributed by atoms with E-state index < -0.39 is 28.3 Å². The Bertz CT molecular complexity index is 2110. The number of aliphatic carboxylic acids is 1. The van der Waals surface area contributed by atoms with Crippen LogP contribution in [0.4, 0.5) is 0 Å². The number of carbonyl (C=O) groups is 5. The average molecular weight is 858 g/mol. The van der Waals surface area contributed by atoms with Gasteiger partial charge in [-0.3, -0.25) is 24.0 Å². The number of carbonyl (C=O) groups excluding carboxylic acids is 4. The Balaban J connectivity index is 0.932. The number of hydrogen-bond donors (Lipinski definition) is 3. The first-order valence-corrected chi connectivity index (χ1v) is 24.0. The van der Waals surface area contributed by atoms with Gasteiger partial charge in [0.2, 0.25) is 5.91 Å². The highest BCUT2D eigenvalue weighted by Gasteiger charge is 2.78. The number of ketones is 1. The summed E-state index contributed by atoms with van der Waals surface area (Å²) in [6.45, 7) is 18.6. The van der Waals surface area contributed by atoms with E-state index in [1.54, 1.807) is 24.3 Å². The molecule has 9 rings (SSSR count). The SMILES string of the molecule is CC(C)C1=C2[C@H]3CC[C@H]4C(C)(CC[C@@]56CC[C@]5(C)[C@@H](OC(=O)[C@H]5C[C@@H](C(=O)O)C5(C)C)CC[C@]46C)[C@]3(C)CC[C@@]2(CC(=O)NCC2(NC(=O)c3ccc(Cl)cc3)CC2)CC1=O. The number of rotatable bonds is 10. The number of fused-ring (bicyclic) bond motifs is 6. The fraction of sp³-hybridized carbons (Fsp3) is 0.745. The van der Waals surface area contributed by atoms with Crippen LogP contribution in [0.2, 0.25) is 5.02 Å². The summed E-state index contributed by atoms with van der Waals surface area (Å²) < 4.78 is 6.54. The Morgan fingerprint density at radius 3 is 2.07 bits per heavy atom. The van der Waals surface area contributed by atoms with Gasteiger partial charge < -0.3 is 20.5 Å². The van der Waals surface area contributed by atoms with Crippen LogP contribution in [0, 0.1) is 67.5 Å². The largest absolute Gasteiger partial charge is 0.481 e. The van der Waals surface area contributed by atoms with Crippen LogP contribution >= 0.6 is 11.6 Å². The number of nitrogens with one attached hydrogen (secondary N) is 2. The molecule has 1 aromatic carbocycles. The van der Waals surface area contributed by atoms with Crippen molar-refractivity contribution in [3.63, 3.8) is 0 Å². The Kier molecular flexibility index (Phi) is 9.81. The van der Waals surface area contributed by atoms with Crippen LogP contribution in [0.1, 0.15) is 162 Å². The van der Waals surface area contributed by atoms with Crippen LogP contribution < -0.4 is 10.6 Å². The zero-order valence-electron chi connectivity index (χ0n) is 37.9. The Morgan fingerprint density at radius 1 is 0.803 bits per heavy atom. The molecule has 0 aliphatic heterocycles. The van der Waals surface area contributed by atoms with E-state index >= 15 is 0 Å². The van der Waals surface area contributed by atoms with Crippen molar-refractivity contribution >= 4 is 41.1 Å². The molecule has 0 heterocycles. The zero-order chi connectivity index (χ0) is 43.9. The Morgan fingerprint density at radius 2 is 1.46 bits per heavy atom. The average Bonchev–Trinajstić information content (AvgIpc) is 3.87. The van der Waals surface area contributed by atoms with Crippen LogP contribution in [0.3, 0.4) is 0 Å². The highest BCUT2D eigenvalue weighted by atomic mass is 35.5. The van der Waals surface area contributed by atoms with Gasteiger partial charge in [0.25, 0.3) is 5.91 Å². The minimum absolute atomic E-state index is 0.0352. The monoisotopic (exact) mass is 856 g/mol. The maximum Gasteiger partial charge on any atom is 0.309 e. The lowest BCUT2D eigenvalue weighted by molar-refractivity contribution is -0.320. The molecule has 7 fully saturated rings. The van der Waals surface area contributed by atoms with E-state index in [-0.39, 0.29) is 74.5 Å². The van der Waals surface area contributed by atoms with E-state index in [1.807, 2.05) is 13.8 Å². The number of esters is 1. The molecular formula is C51H69ClN2O7. The van der Waals surface area contributed by atoms with Gasteiger partial charge in [-0.15, -0.1) is 0 Å². The molecule has 0 aromatic heterocycles. The molecule has 9 nitrogen and oxygen atoms in total. The first-order valence-electron chi connectivity index (χ1n) is 23.6. The lowest BCUT2D eigenvalue weighted by atomic mass is 9.25. The third-order valence-corrected chi connectivity index (χ3v) is 20.9. The molecule has 10 heteroatoms. The highest BCUT2D eigenvalue weighted by molar-refractivity contribution is 6.30. The van der Waals surface area contributed by atoms with Crippen LogP contribution in [0.25, 0.3) is 0 Å². The van der Waals surface area contributed by atoms with E-state index in [1.165, 1.54) is 5.57 Å². The summed E-state index contributed by atoms with van der Waals surface area (Å²) in [5.41, 5.74) is 1.30. The van der Waals surface area contributed by atoms with Gasteiger partial charge in [-0.25, -0.2) is 0 Å². The molecule has 0 saturated heterocycles. The van der Waals surface area contributed by atoms with Gasteiger partial charge in [0.15, 0.2) is 5.78 Å². The van der Waals surface area contributed by atoms with Gasteiger partial charge >= 0.3 is 11.9 Å². The minimum atomic E-state index is -0.830. The molecule has 332 valence electrons. The standard InChI is InChI=1S/C51H69ClN2O7/c1-29(2)39-35(55)26-49(27-38(56)53-28-50(21-22-50)54-41(57)30-9-11-31(52)12-10-30)20-17-45(5)32(40(39)49)13-14-36-46(45,6)18-23-51-24-19-48(51,8)37(15-16-47(36,51)7)61-43(60)34-25-33(42(58)59)44(34,3)4/h9-12,29,32-34,36-37H,13-28H2,1-8H3,(H,53,56)(H,54,57)(H,58,59)/t32-,33+,34-,36+,37+,45-,46?,47-,48-,49+,51+/m1/s1. The predicted molar refractivity (Wildman–Crippen MR) is 233 cm³/mol. The Labute approximate surface area is 367 Å². The van der Waals surface area contributed by atoms with Crippen molar-refractivity contribution in [3.05, 3.63) is 46.0 Å². The number of Topliss-reactive ketones (excluding diaryl/α,β-unsaturated/α-hetero) is 1. The number of ether oxygens (including phenoxy) is 1. The molecular weight excluding hydrogens is 788 g/mol. The van der Waals surface area contributed by atoms with Crippen LogP contribution in [0.15, 0.2) is 35.4 Å². The number of benzene rings is 1. The number of allylic oxidation sites excluding steroid dienone is 2. The van der Waals surface area contributed by atoms with Gasteiger partial charge in [-0.1, -0.05) is 72.6 Å². The highest BCUT2D eigenvalue weighted by Crippen LogP contribution is 2.84. The summed E-state index contributed by atoms with van der Waals surface area (Å²) in [5.74, 6) is -1.12. The van der Waals surface area contributed by atoms with Crippen molar-refractivity contribution in [2.75, 3.05) is 6.54 Å². The molecule has 8 aliphatic carbocycles. The van der Waals surface area contributed by atoms with Crippen LogP contribution in [0.5, 0.6) is 0 Å². The summed E-state index contributed by atoms with van der Waals surface area (Å²) in [6, 6.07) is 6.84. The number of carboxylic acid groups (broad SMARTS) is 1. The van der Waals surface area contributed by atoms with Gasteiger partial charge in [0.05, 0.1) is 17.4 Å². The number of carboxylic acids is 1. The van der Waals surface area contributed by atoms with Gasteiger partial charge in [-0.05, 0) is 158 Å². The second-order valence-electron chi connectivity index (χ2n) is 23.5. The molecule has 1 spiro atoms. The molecule has 1 aromatic rings. The number of amides is 2. The first kappa shape index (κ1) is 43.1. The first-order chi connectivity index (χ1) is 28.5. The molecule has 0 radical (unpaired) electrons. The second kappa shape index (κ2) is 13.9. The molecule has 2 amide bonds. The quantitative estimate of drug-likeness (QED) is 0.199. The molecule has 11 atom stereocenters. The topological polar surface area (TPSA) is 139 Å². The summed E-state index contributed by atoms with van der Waals surface area (Å²) >= 11 is 6.05. The van der Waals surface area contributed by atoms with Gasteiger partial charge in [0, 0.05) is 40.8 Å². The van der Waals surface area contributed by atoms with Crippen molar-refractivity contribution in [3.8, 4) is 0 Å². The minimum Gasteiger partial charge on any atom is -0.481 e. The summed E-state index contributed by atoms with van der Waals surface area (Å²) in [4.78, 5) is 67.1. The maximum absolute atomic E-state index is 14.2. The van der Waals surface area contributed by atoms with E-state index in [4.69, 9.17) is 16.3 Å². The fourth-order valence-corrected chi connectivity index (χ4v) is 16.5. The normalized spacial score (nSPS) is 42.3. The predicted octanol–water partition coefficient (Wildman–Crippen LogP) is 9.89. The summed E-state index contributed by atoms with van der Waals surface area (Å²) in [6.07, 6.45) is 12.7. The van der Waals surface area contributed by atoms with Crippen molar-refractivity contribution in [2.45, 2.75) is 163 Å². The van der Waals surface area contributed by atoms with E-state index in [9.17, 15) is 29.1 Å². The third kappa shape index (κ3) is 5.92. The number of hydrogen-bond acceptors (Lipinski definition) is 6. The summed E-state index contributed by atoms with van der Waals surface area (Å²) in [5, 5.41) is 16.7. The fourth-order valence-electron chi connectivity index (χ4n) is 16.4. The van der Waals surface area contributed by atoms with Crippen molar-refractivity contribution in [1.29, 1.82) is 0 Å². The number of halogens is 1. The third-order valence-electron chi connectivity index (χ3n) is 20.6. The van der Waals surface area contributed by atoms with E-state index in [0.29, 0.717) is 42.3 Å².